The molecule has 0 amide bonds. The number of hydrogen-bond acceptors (Lipinski definition) is 6. The molecule has 5 rings (SSSR count). The molecule has 2 aliphatic rings. The first-order valence-electron chi connectivity index (χ1n) is 10.0. The number of anilines is 1. The summed E-state index contributed by atoms with van der Waals surface area (Å²) in [4.78, 5) is 8.30. The molecule has 164 valence electrons. The molecule has 31 heavy (non-hydrogen) atoms. The summed E-state index contributed by atoms with van der Waals surface area (Å²) in [7, 11) is -3.48. The maximum atomic E-state index is 13.8. The Kier molecular flexibility index (Phi) is 4.70. The van der Waals surface area contributed by atoms with E-state index in [1.165, 1.54) is 6.07 Å². The third kappa shape index (κ3) is 3.55. The summed E-state index contributed by atoms with van der Waals surface area (Å²) in [6.07, 6.45) is -0.474. The number of rotatable bonds is 3. The Morgan fingerprint density at radius 1 is 1.26 bits per heavy atom. The number of benzene rings is 1. The van der Waals surface area contributed by atoms with Crippen LogP contribution in [0.1, 0.15) is 18.4 Å². The molecule has 3 aromatic rings. The predicted octanol–water partition coefficient (Wildman–Crippen LogP) is 3.07. The molecular weight excluding hydrogens is 431 g/mol. The molecule has 1 aromatic carbocycles. The van der Waals surface area contributed by atoms with Crippen molar-refractivity contribution in [2.45, 2.75) is 36.5 Å². The van der Waals surface area contributed by atoms with Gasteiger partial charge in [0, 0.05) is 42.5 Å². The van der Waals surface area contributed by atoms with Crippen LogP contribution in [0.2, 0.25) is 0 Å². The minimum atomic E-state index is -4.65. The summed E-state index contributed by atoms with van der Waals surface area (Å²) in [5.74, 6) is 0.0289. The van der Waals surface area contributed by atoms with Crippen molar-refractivity contribution in [1.82, 2.24) is 19.9 Å². The van der Waals surface area contributed by atoms with E-state index in [1.54, 1.807) is 22.9 Å². The van der Waals surface area contributed by atoms with Crippen LogP contribution in [0.3, 0.4) is 0 Å². The molecule has 0 radical (unpaired) electrons. The van der Waals surface area contributed by atoms with Gasteiger partial charge in [-0.2, -0.15) is 13.2 Å². The van der Waals surface area contributed by atoms with Crippen molar-refractivity contribution >= 4 is 26.7 Å². The Morgan fingerprint density at radius 3 is 2.84 bits per heavy atom. The number of para-hydroxylation sites is 1. The molecule has 11 heteroatoms. The van der Waals surface area contributed by atoms with Crippen LogP contribution in [0.5, 0.6) is 0 Å². The fourth-order valence-electron chi connectivity index (χ4n) is 4.29. The maximum absolute atomic E-state index is 13.8. The zero-order valence-corrected chi connectivity index (χ0v) is 17.2. The van der Waals surface area contributed by atoms with Crippen molar-refractivity contribution in [3.63, 3.8) is 0 Å². The standard InChI is InChI=1S/C20H20F3N5O2S/c21-20(22,23)15-10-25-19(26-12-3-2-6-24-9-12)27-17(15)14-11-28-7-8-31(29,30)16-5-1-4-13(14)18(16)28/h1,4-5,10-12,24H,2-3,6-9H2,(H,25,26,27)/t12-/m0/s1. The highest BCUT2D eigenvalue weighted by Gasteiger charge is 2.37. The summed E-state index contributed by atoms with van der Waals surface area (Å²) >= 11 is 0. The van der Waals surface area contributed by atoms with Gasteiger partial charge in [-0.1, -0.05) is 12.1 Å². The van der Waals surface area contributed by atoms with Gasteiger partial charge in [-0.05, 0) is 25.5 Å². The lowest BCUT2D eigenvalue weighted by atomic mass is 10.1. The van der Waals surface area contributed by atoms with Gasteiger partial charge in [-0.15, -0.1) is 0 Å². The maximum Gasteiger partial charge on any atom is 0.419 e. The number of piperidine rings is 1. The minimum absolute atomic E-state index is 0.0264. The van der Waals surface area contributed by atoms with Crippen molar-refractivity contribution in [3.8, 4) is 11.3 Å². The fraction of sp³-hybridized carbons (Fsp3) is 0.400. The summed E-state index contributed by atoms with van der Waals surface area (Å²) in [5.41, 5.74) is -0.546. The lowest BCUT2D eigenvalue weighted by Gasteiger charge is -2.24. The zero-order chi connectivity index (χ0) is 21.8. The van der Waals surface area contributed by atoms with Gasteiger partial charge in [0.25, 0.3) is 0 Å². The molecule has 1 fully saturated rings. The van der Waals surface area contributed by atoms with E-state index in [4.69, 9.17) is 0 Å². The van der Waals surface area contributed by atoms with E-state index in [2.05, 4.69) is 20.6 Å². The number of hydrogen-bond donors (Lipinski definition) is 2. The first-order chi connectivity index (χ1) is 14.7. The zero-order valence-electron chi connectivity index (χ0n) is 16.4. The number of aryl methyl sites for hydroxylation is 1. The minimum Gasteiger partial charge on any atom is -0.350 e. The molecule has 4 heterocycles. The van der Waals surface area contributed by atoms with Crippen LogP contribution in [-0.2, 0) is 22.6 Å². The molecule has 2 aromatic heterocycles. The molecule has 0 aliphatic carbocycles. The van der Waals surface area contributed by atoms with E-state index in [0.29, 0.717) is 17.4 Å². The molecule has 0 unspecified atom stereocenters. The van der Waals surface area contributed by atoms with E-state index in [9.17, 15) is 21.6 Å². The lowest BCUT2D eigenvalue weighted by Crippen LogP contribution is -2.38. The molecule has 2 aliphatic heterocycles. The summed E-state index contributed by atoms with van der Waals surface area (Å²) in [5, 5.41) is 6.78. The van der Waals surface area contributed by atoms with Crippen molar-refractivity contribution in [3.05, 3.63) is 36.2 Å². The van der Waals surface area contributed by atoms with Gasteiger partial charge in [-0.25, -0.2) is 18.4 Å². The number of nitrogens with one attached hydrogen (secondary N) is 2. The molecule has 2 N–H and O–H groups in total. The van der Waals surface area contributed by atoms with E-state index in [0.717, 1.165) is 25.6 Å². The smallest absolute Gasteiger partial charge is 0.350 e. The fourth-order valence-corrected chi connectivity index (χ4v) is 5.76. The van der Waals surface area contributed by atoms with E-state index in [1.807, 2.05) is 0 Å². The van der Waals surface area contributed by atoms with Gasteiger partial charge in [0.1, 0.15) is 5.56 Å². The average molecular weight is 451 g/mol. The van der Waals surface area contributed by atoms with Gasteiger partial charge >= 0.3 is 6.18 Å². The first kappa shape index (κ1) is 20.3. The van der Waals surface area contributed by atoms with Crippen LogP contribution in [-0.4, -0.2) is 47.8 Å². The van der Waals surface area contributed by atoms with Gasteiger partial charge in [0.15, 0.2) is 9.84 Å². The molecule has 7 nitrogen and oxygen atoms in total. The Bertz CT molecular complexity index is 1260. The number of sulfone groups is 1. The van der Waals surface area contributed by atoms with Crippen LogP contribution in [0.25, 0.3) is 22.2 Å². The van der Waals surface area contributed by atoms with Crippen molar-refractivity contribution in [2.24, 2.45) is 0 Å². The van der Waals surface area contributed by atoms with Crippen molar-refractivity contribution in [2.75, 3.05) is 24.2 Å². The highest BCUT2D eigenvalue weighted by atomic mass is 32.2. The first-order valence-corrected chi connectivity index (χ1v) is 11.7. The quantitative estimate of drug-likeness (QED) is 0.636. The summed E-state index contributed by atoms with van der Waals surface area (Å²) < 4.78 is 68.1. The van der Waals surface area contributed by atoms with Crippen molar-refractivity contribution in [1.29, 1.82) is 0 Å². The van der Waals surface area contributed by atoms with Crippen LogP contribution in [0.15, 0.2) is 35.5 Å². The van der Waals surface area contributed by atoms with Gasteiger partial charge in [-0.3, -0.25) is 0 Å². The Morgan fingerprint density at radius 2 is 2.10 bits per heavy atom. The largest absolute Gasteiger partial charge is 0.419 e. The van der Waals surface area contributed by atoms with E-state index in [-0.39, 0.29) is 40.4 Å². The van der Waals surface area contributed by atoms with Crippen molar-refractivity contribution < 1.29 is 21.6 Å². The highest BCUT2D eigenvalue weighted by Crippen LogP contribution is 2.41. The summed E-state index contributed by atoms with van der Waals surface area (Å²) in [6.45, 7) is 1.77. The van der Waals surface area contributed by atoms with Gasteiger partial charge in [0.05, 0.1) is 21.9 Å². The summed E-state index contributed by atoms with van der Waals surface area (Å²) in [6, 6.07) is 4.70. The van der Waals surface area contributed by atoms with Crippen LogP contribution < -0.4 is 10.6 Å². The molecule has 1 saturated heterocycles. The second-order valence-electron chi connectivity index (χ2n) is 7.85. The molecule has 0 spiro atoms. The van der Waals surface area contributed by atoms with Gasteiger partial charge < -0.3 is 15.2 Å². The number of alkyl halides is 3. The molecule has 0 bridgehead atoms. The van der Waals surface area contributed by atoms with Crippen LogP contribution in [0.4, 0.5) is 19.1 Å². The van der Waals surface area contributed by atoms with E-state index < -0.39 is 21.6 Å². The second-order valence-corrected chi connectivity index (χ2v) is 9.93. The number of halogens is 3. The highest BCUT2D eigenvalue weighted by molar-refractivity contribution is 7.91. The molecular formula is C20H20F3N5O2S. The Hall–Kier alpha value is -2.66. The van der Waals surface area contributed by atoms with Crippen LogP contribution in [0, 0.1) is 0 Å². The normalized spacial score (nSPS) is 20.7. The third-order valence-electron chi connectivity index (χ3n) is 5.78. The third-order valence-corrected chi connectivity index (χ3v) is 7.50. The number of nitrogens with zero attached hydrogens (tertiary/aromatic N) is 3. The average Bonchev–Trinajstić information content (AvgIpc) is 3.11. The number of aromatic nitrogens is 3. The van der Waals surface area contributed by atoms with Crippen LogP contribution >= 0.6 is 0 Å². The SMILES string of the molecule is O=S1(=O)CCn2cc(-c3nc(N[C@H]4CCCNC4)ncc3C(F)(F)F)c3cccc1c32. The monoisotopic (exact) mass is 451 g/mol. The predicted molar refractivity (Wildman–Crippen MR) is 110 cm³/mol. The lowest BCUT2D eigenvalue weighted by molar-refractivity contribution is -0.137. The Labute approximate surface area is 176 Å². The topological polar surface area (TPSA) is 88.9 Å². The second kappa shape index (κ2) is 7.20. The Balaban J connectivity index is 1.68. The van der Waals surface area contributed by atoms with Gasteiger partial charge in [0.2, 0.25) is 5.95 Å². The molecule has 0 saturated carbocycles. The molecule has 1 atom stereocenters. The van der Waals surface area contributed by atoms with E-state index >= 15 is 0 Å².